The van der Waals surface area contributed by atoms with E-state index in [4.69, 9.17) is 0 Å². The summed E-state index contributed by atoms with van der Waals surface area (Å²) in [6, 6.07) is 0. The van der Waals surface area contributed by atoms with Gasteiger partial charge < -0.3 is 0 Å². The van der Waals surface area contributed by atoms with Crippen LogP contribution >= 0.6 is 0 Å². The monoisotopic (exact) mass is 294 g/mol. The van der Waals surface area contributed by atoms with Crippen molar-refractivity contribution in [3.63, 3.8) is 0 Å². The zero-order valence-corrected chi connectivity index (χ0v) is 14.0. The molecule has 3 atom stereocenters. The highest BCUT2D eigenvalue weighted by Crippen LogP contribution is 2.23. The Labute approximate surface area is 121 Å². The standard InChI is InChI=1S/3C5H10F.Al/c3*1-2-3-4-5-6;/h3*5H,2-4H2,1H3;. The number of hydrogen-bond donors (Lipinski definition) is 0. The number of alkyl halides is 3. The van der Waals surface area contributed by atoms with Crippen LogP contribution in [-0.4, -0.2) is 29.2 Å². The summed E-state index contributed by atoms with van der Waals surface area (Å²) < 4.78 is 42.6. The molecule has 0 saturated heterocycles. The molecule has 0 aliphatic rings. The lowest BCUT2D eigenvalue weighted by molar-refractivity contribution is 0.306. The van der Waals surface area contributed by atoms with Gasteiger partial charge in [-0.25, -0.2) is 0 Å². The van der Waals surface area contributed by atoms with Crippen LogP contribution in [0.2, 0.25) is 0 Å². The highest BCUT2D eigenvalue weighted by Gasteiger charge is 2.43. The molecule has 0 rings (SSSR count). The van der Waals surface area contributed by atoms with E-state index in [-0.39, 0.29) is 0 Å². The summed E-state index contributed by atoms with van der Waals surface area (Å²) in [5, 5.41) is -3.59. The zero-order chi connectivity index (χ0) is 14.7. The first kappa shape index (κ1) is 19.3. The lowest BCUT2D eigenvalue weighted by Gasteiger charge is -2.23. The first-order chi connectivity index (χ1) is 9.08. The molecule has 4 heteroatoms. The van der Waals surface area contributed by atoms with Gasteiger partial charge in [0, 0.05) is 0 Å². The first-order valence-corrected chi connectivity index (χ1v) is 10.0. The van der Waals surface area contributed by atoms with Crippen LogP contribution in [0.15, 0.2) is 0 Å². The Balaban J connectivity index is 4.50. The SMILES string of the molecule is CCCC[CH](F)[Al]([CH](F)CCCC)[CH](F)CCCC. The molecule has 0 spiro atoms. The molecule has 0 fully saturated rings. The Morgan fingerprint density at radius 1 is 0.632 bits per heavy atom. The summed E-state index contributed by atoms with van der Waals surface area (Å²) >= 11 is -2.61. The minimum absolute atomic E-state index is 0.354. The van der Waals surface area contributed by atoms with Crippen LogP contribution in [0.1, 0.15) is 78.6 Å². The van der Waals surface area contributed by atoms with E-state index in [1.54, 1.807) is 0 Å². The number of rotatable bonds is 12. The molecular weight excluding hydrogens is 264 g/mol. The third kappa shape index (κ3) is 8.25. The third-order valence-electron chi connectivity index (χ3n) is 3.75. The lowest BCUT2D eigenvalue weighted by atomic mass is 10.2. The summed E-state index contributed by atoms with van der Waals surface area (Å²) in [4.78, 5) is 0. The van der Waals surface area contributed by atoms with Gasteiger partial charge in [-0.3, -0.25) is 13.2 Å². The third-order valence-corrected chi connectivity index (χ3v) is 7.26. The fourth-order valence-corrected chi connectivity index (χ4v) is 5.68. The van der Waals surface area contributed by atoms with Gasteiger partial charge in [0.25, 0.3) is 0 Å². The van der Waals surface area contributed by atoms with E-state index in [1.807, 2.05) is 20.8 Å². The van der Waals surface area contributed by atoms with Gasteiger partial charge in [0.05, 0.1) is 15.1 Å². The summed E-state index contributed by atoms with van der Waals surface area (Å²) in [6.45, 7) is 5.95. The van der Waals surface area contributed by atoms with Crippen molar-refractivity contribution >= 4 is 14.1 Å². The second kappa shape index (κ2) is 12.1. The Bertz CT molecular complexity index is 169. The van der Waals surface area contributed by atoms with Gasteiger partial charge in [0.15, 0.2) is 0 Å². The van der Waals surface area contributed by atoms with Crippen molar-refractivity contribution in [1.29, 1.82) is 0 Å². The lowest BCUT2D eigenvalue weighted by Crippen LogP contribution is -2.46. The van der Waals surface area contributed by atoms with E-state index >= 15 is 0 Å². The van der Waals surface area contributed by atoms with Gasteiger partial charge >= 0.3 is 14.1 Å². The van der Waals surface area contributed by atoms with E-state index in [9.17, 15) is 13.2 Å². The van der Waals surface area contributed by atoms with Crippen molar-refractivity contribution < 1.29 is 13.2 Å². The fraction of sp³-hybridized carbons (Fsp3) is 1.00. The second-order valence-electron chi connectivity index (χ2n) is 5.55. The summed E-state index contributed by atoms with van der Waals surface area (Å²) in [6.07, 6.45) is 5.95. The van der Waals surface area contributed by atoms with Crippen LogP contribution in [0.3, 0.4) is 0 Å². The molecule has 0 nitrogen and oxygen atoms in total. The van der Waals surface area contributed by atoms with E-state index in [1.165, 1.54) is 0 Å². The van der Waals surface area contributed by atoms with Gasteiger partial charge in [-0.1, -0.05) is 59.3 Å². The van der Waals surface area contributed by atoms with Gasteiger partial charge in [-0.05, 0) is 19.3 Å². The molecule has 0 aromatic carbocycles. The first-order valence-electron chi connectivity index (χ1n) is 8.00. The van der Waals surface area contributed by atoms with Gasteiger partial charge in [0.1, 0.15) is 0 Å². The molecule has 0 aromatic rings. The van der Waals surface area contributed by atoms with Gasteiger partial charge in [-0.15, -0.1) is 0 Å². The summed E-state index contributed by atoms with van der Waals surface area (Å²) in [5.74, 6) is 0. The normalized spacial score (nSPS) is 16.1. The maximum Gasteiger partial charge on any atom is 0.411 e. The largest absolute Gasteiger partial charge is 0.411 e. The molecule has 0 saturated carbocycles. The molecule has 0 aliphatic heterocycles. The zero-order valence-electron chi connectivity index (χ0n) is 12.8. The van der Waals surface area contributed by atoms with Crippen molar-refractivity contribution in [2.24, 2.45) is 0 Å². The van der Waals surface area contributed by atoms with Crippen molar-refractivity contribution in [3.05, 3.63) is 0 Å². The Morgan fingerprint density at radius 3 is 1.11 bits per heavy atom. The predicted octanol–water partition coefficient (Wildman–Crippen LogP) is 5.68. The number of unbranched alkanes of at least 4 members (excludes halogenated alkanes) is 3. The predicted molar refractivity (Wildman–Crippen MR) is 79.0 cm³/mol. The Morgan fingerprint density at radius 2 is 0.895 bits per heavy atom. The molecule has 0 N–H and O–H groups in total. The topological polar surface area (TPSA) is 0 Å². The van der Waals surface area contributed by atoms with Crippen LogP contribution in [-0.2, 0) is 0 Å². The molecular formula is C15H30AlF3. The molecule has 0 aromatic heterocycles. The van der Waals surface area contributed by atoms with Crippen LogP contribution in [0.25, 0.3) is 0 Å². The molecule has 19 heavy (non-hydrogen) atoms. The van der Waals surface area contributed by atoms with E-state index < -0.39 is 29.2 Å². The smallest absolute Gasteiger partial charge is 0.264 e. The average Bonchev–Trinajstić information content (AvgIpc) is 2.40. The quantitative estimate of drug-likeness (QED) is 0.406. The molecule has 0 radical (unpaired) electrons. The molecule has 0 heterocycles. The second-order valence-corrected chi connectivity index (χ2v) is 8.88. The highest BCUT2D eigenvalue weighted by molar-refractivity contribution is 6.62. The maximum absolute atomic E-state index is 14.2. The van der Waals surface area contributed by atoms with Gasteiger partial charge in [0.2, 0.25) is 0 Å². The minimum atomic E-state index is -2.61. The van der Waals surface area contributed by atoms with Crippen LogP contribution in [0, 0.1) is 0 Å². The summed E-state index contributed by atoms with van der Waals surface area (Å²) in [7, 11) is 0. The van der Waals surface area contributed by atoms with Crippen molar-refractivity contribution in [2.45, 2.75) is 93.7 Å². The van der Waals surface area contributed by atoms with Gasteiger partial charge in [-0.2, -0.15) is 0 Å². The maximum atomic E-state index is 14.2. The molecule has 0 aliphatic carbocycles. The minimum Gasteiger partial charge on any atom is -0.264 e. The van der Waals surface area contributed by atoms with Crippen LogP contribution < -0.4 is 0 Å². The Kier molecular flexibility index (Phi) is 12.3. The highest BCUT2D eigenvalue weighted by atomic mass is 27.2. The van der Waals surface area contributed by atoms with Crippen molar-refractivity contribution in [3.8, 4) is 0 Å². The molecule has 3 unspecified atom stereocenters. The Hall–Kier alpha value is 0.322. The van der Waals surface area contributed by atoms with E-state index in [0.717, 1.165) is 38.5 Å². The average molecular weight is 294 g/mol. The summed E-state index contributed by atoms with van der Waals surface area (Å²) in [5.41, 5.74) is 0. The van der Waals surface area contributed by atoms with Crippen molar-refractivity contribution in [2.75, 3.05) is 0 Å². The van der Waals surface area contributed by atoms with Crippen LogP contribution in [0.5, 0.6) is 0 Å². The van der Waals surface area contributed by atoms with Crippen molar-refractivity contribution in [1.82, 2.24) is 0 Å². The molecule has 114 valence electrons. The molecule has 0 bridgehead atoms. The van der Waals surface area contributed by atoms with E-state index in [2.05, 4.69) is 0 Å². The number of hydrogen-bond acceptors (Lipinski definition) is 0. The fourth-order valence-electron chi connectivity index (χ4n) is 2.45. The number of halogens is 3. The van der Waals surface area contributed by atoms with E-state index in [0.29, 0.717) is 19.3 Å². The molecule has 0 amide bonds. The van der Waals surface area contributed by atoms with Crippen LogP contribution in [0.4, 0.5) is 13.2 Å².